The number of amides is 1. The molecule has 3 N–H and O–H groups in total. The van der Waals surface area contributed by atoms with Gasteiger partial charge in [0.05, 0.1) is 25.4 Å². The fraction of sp³-hybridized carbons (Fsp3) is 0.200. The van der Waals surface area contributed by atoms with E-state index in [1.807, 2.05) is 0 Å². The van der Waals surface area contributed by atoms with E-state index in [1.165, 1.54) is 11.9 Å². The first-order chi connectivity index (χ1) is 8.61. The molecular formula is C10H12N6O2. The molecule has 8 nitrogen and oxygen atoms in total. The molecule has 0 saturated carbocycles. The second kappa shape index (κ2) is 4.70. The third-order valence-electron chi connectivity index (χ3n) is 2.23. The van der Waals surface area contributed by atoms with Crippen molar-refractivity contribution in [2.45, 2.75) is 0 Å². The van der Waals surface area contributed by atoms with E-state index in [1.54, 1.807) is 25.2 Å². The molecule has 1 aromatic heterocycles. The van der Waals surface area contributed by atoms with Crippen LogP contribution in [0.3, 0.4) is 0 Å². The van der Waals surface area contributed by atoms with Crippen LogP contribution in [0, 0.1) is 0 Å². The first kappa shape index (κ1) is 11.8. The number of aryl methyl sites for hydroxylation is 1. The van der Waals surface area contributed by atoms with Crippen LogP contribution in [0.2, 0.25) is 0 Å². The number of rotatable bonds is 3. The van der Waals surface area contributed by atoms with Gasteiger partial charge < -0.3 is 10.5 Å². The number of hydrogen-bond acceptors (Lipinski definition) is 6. The quantitative estimate of drug-likeness (QED) is 0.743. The van der Waals surface area contributed by atoms with Crippen LogP contribution in [0.15, 0.2) is 18.2 Å². The highest BCUT2D eigenvalue weighted by Crippen LogP contribution is 2.26. The van der Waals surface area contributed by atoms with Crippen LogP contribution in [0.4, 0.5) is 11.6 Å². The molecule has 8 heteroatoms. The molecule has 2 aromatic rings. The van der Waals surface area contributed by atoms with Crippen molar-refractivity contribution in [1.82, 2.24) is 20.2 Å². The van der Waals surface area contributed by atoms with Gasteiger partial charge in [-0.1, -0.05) is 11.2 Å². The van der Waals surface area contributed by atoms with E-state index in [0.717, 1.165) is 0 Å². The monoisotopic (exact) mass is 248 g/mol. The SMILES string of the molecule is COc1c(N)cccc1C(=O)Nc1nnn(C)n1. The van der Waals surface area contributed by atoms with Crippen molar-refractivity contribution in [2.75, 3.05) is 18.2 Å². The van der Waals surface area contributed by atoms with Gasteiger partial charge in [-0.15, -0.1) is 5.10 Å². The summed E-state index contributed by atoms with van der Waals surface area (Å²) in [6, 6.07) is 4.91. The number of methoxy groups -OCH3 is 1. The molecule has 18 heavy (non-hydrogen) atoms. The summed E-state index contributed by atoms with van der Waals surface area (Å²) in [5.41, 5.74) is 6.41. The van der Waals surface area contributed by atoms with Gasteiger partial charge in [-0.3, -0.25) is 10.1 Å². The average Bonchev–Trinajstić information content (AvgIpc) is 2.74. The number of anilines is 2. The number of nitrogens with two attached hydrogens (primary N) is 1. The molecule has 1 aromatic carbocycles. The predicted molar refractivity (Wildman–Crippen MR) is 64.2 cm³/mol. The lowest BCUT2D eigenvalue weighted by atomic mass is 10.1. The Bertz CT molecular complexity index is 579. The van der Waals surface area contributed by atoms with Crippen LogP contribution >= 0.6 is 0 Å². The van der Waals surface area contributed by atoms with E-state index in [4.69, 9.17) is 10.5 Å². The molecule has 2 rings (SSSR count). The van der Waals surface area contributed by atoms with Crippen molar-refractivity contribution in [2.24, 2.45) is 7.05 Å². The highest BCUT2D eigenvalue weighted by molar-refractivity contribution is 6.06. The third-order valence-corrected chi connectivity index (χ3v) is 2.23. The summed E-state index contributed by atoms with van der Waals surface area (Å²) in [7, 11) is 3.05. The van der Waals surface area contributed by atoms with Crippen LogP contribution in [-0.2, 0) is 7.05 Å². The first-order valence-corrected chi connectivity index (χ1v) is 5.09. The van der Waals surface area contributed by atoms with Crippen molar-refractivity contribution < 1.29 is 9.53 Å². The van der Waals surface area contributed by atoms with Crippen LogP contribution in [0.25, 0.3) is 0 Å². The molecule has 0 unspecified atom stereocenters. The van der Waals surface area contributed by atoms with Gasteiger partial charge in [0.2, 0.25) is 0 Å². The third kappa shape index (κ3) is 2.21. The fourth-order valence-electron chi connectivity index (χ4n) is 1.46. The van der Waals surface area contributed by atoms with Gasteiger partial charge in [-0.05, 0) is 17.3 Å². The molecule has 94 valence electrons. The van der Waals surface area contributed by atoms with E-state index in [0.29, 0.717) is 17.0 Å². The lowest BCUT2D eigenvalue weighted by molar-refractivity contribution is 0.102. The lowest BCUT2D eigenvalue weighted by Crippen LogP contribution is -2.15. The van der Waals surface area contributed by atoms with Gasteiger partial charge in [-0.2, -0.15) is 4.80 Å². The van der Waals surface area contributed by atoms with Gasteiger partial charge in [-0.25, -0.2) is 0 Å². The van der Waals surface area contributed by atoms with Crippen molar-refractivity contribution >= 4 is 17.5 Å². The molecule has 0 aliphatic heterocycles. The Morgan fingerprint density at radius 1 is 1.50 bits per heavy atom. The number of carbonyl (C=O) groups excluding carboxylic acids is 1. The average molecular weight is 248 g/mol. The smallest absolute Gasteiger partial charge is 0.270 e. The Balaban J connectivity index is 2.26. The molecule has 0 aliphatic rings. The molecule has 0 atom stereocenters. The Morgan fingerprint density at radius 3 is 2.89 bits per heavy atom. The second-order valence-electron chi connectivity index (χ2n) is 3.48. The van der Waals surface area contributed by atoms with Gasteiger partial charge in [0.1, 0.15) is 0 Å². The lowest BCUT2D eigenvalue weighted by Gasteiger charge is -2.09. The van der Waals surface area contributed by atoms with Crippen LogP contribution < -0.4 is 15.8 Å². The number of carbonyl (C=O) groups is 1. The summed E-state index contributed by atoms with van der Waals surface area (Å²) in [6.07, 6.45) is 0. The summed E-state index contributed by atoms with van der Waals surface area (Å²) in [5.74, 6) is 0.0259. The molecule has 0 radical (unpaired) electrons. The molecule has 0 bridgehead atoms. The number of nitrogen functional groups attached to an aromatic ring is 1. The van der Waals surface area contributed by atoms with Crippen molar-refractivity contribution in [3.63, 3.8) is 0 Å². The number of tetrazole rings is 1. The zero-order chi connectivity index (χ0) is 13.1. The van der Waals surface area contributed by atoms with E-state index >= 15 is 0 Å². The summed E-state index contributed by atoms with van der Waals surface area (Å²) in [4.78, 5) is 13.2. The zero-order valence-corrected chi connectivity index (χ0v) is 9.91. The highest BCUT2D eigenvalue weighted by Gasteiger charge is 2.16. The number of nitrogens with zero attached hydrogens (tertiary/aromatic N) is 4. The van der Waals surface area contributed by atoms with Gasteiger partial charge >= 0.3 is 0 Å². The summed E-state index contributed by atoms with van der Waals surface area (Å²) in [5, 5.41) is 13.6. The van der Waals surface area contributed by atoms with Crippen molar-refractivity contribution in [3.05, 3.63) is 23.8 Å². The predicted octanol–water partition coefficient (Wildman–Crippen LogP) is 0.0532. The summed E-state index contributed by atoms with van der Waals surface area (Å²) >= 11 is 0. The largest absolute Gasteiger partial charge is 0.494 e. The number of benzene rings is 1. The van der Waals surface area contributed by atoms with Crippen molar-refractivity contribution in [1.29, 1.82) is 0 Å². The Labute approximate surface area is 103 Å². The van der Waals surface area contributed by atoms with E-state index in [9.17, 15) is 4.79 Å². The van der Waals surface area contributed by atoms with Crippen LogP contribution in [0.1, 0.15) is 10.4 Å². The van der Waals surface area contributed by atoms with E-state index in [2.05, 4.69) is 20.7 Å². The van der Waals surface area contributed by atoms with E-state index < -0.39 is 5.91 Å². The summed E-state index contributed by atoms with van der Waals surface area (Å²) < 4.78 is 5.09. The number of aromatic nitrogens is 4. The van der Waals surface area contributed by atoms with Crippen LogP contribution in [-0.4, -0.2) is 33.2 Å². The molecular weight excluding hydrogens is 236 g/mol. The molecule has 0 spiro atoms. The van der Waals surface area contributed by atoms with Crippen molar-refractivity contribution in [3.8, 4) is 5.75 Å². The zero-order valence-electron chi connectivity index (χ0n) is 9.91. The Morgan fingerprint density at radius 2 is 2.28 bits per heavy atom. The first-order valence-electron chi connectivity index (χ1n) is 5.09. The van der Waals surface area contributed by atoms with Gasteiger partial charge in [0.25, 0.3) is 11.9 Å². The Kier molecular flexibility index (Phi) is 3.09. The normalized spacial score (nSPS) is 10.1. The maximum absolute atomic E-state index is 12.0. The minimum atomic E-state index is -0.410. The molecule has 1 amide bonds. The minimum absolute atomic E-state index is 0.118. The number of para-hydroxylation sites is 1. The summed E-state index contributed by atoms with van der Waals surface area (Å²) in [6.45, 7) is 0. The standard InChI is InChI=1S/C10H12N6O2/c1-16-14-10(13-15-16)12-9(17)6-4-3-5-7(11)8(6)18-2/h3-5H,11H2,1-2H3,(H,12,14,17). The van der Waals surface area contributed by atoms with Gasteiger partial charge in [0.15, 0.2) is 5.75 Å². The Hall–Kier alpha value is -2.64. The molecule has 0 aliphatic carbocycles. The topological polar surface area (TPSA) is 108 Å². The maximum Gasteiger partial charge on any atom is 0.270 e. The fourth-order valence-corrected chi connectivity index (χ4v) is 1.46. The number of nitrogens with one attached hydrogen (secondary N) is 1. The maximum atomic E-state index is 12.0. The number of hydrogen-bond donors (Lipinski definition) is 2. The molecule has 0 fully saturated rings. The number of ether oxygens (including phenoxy) is 1. The van der Waals surface area contributed by atoms with Crippen LogP contribution in [0.5, 0.6) is 5.75 Å². The minimum Gasteiger partial charge on any atom is -0.494 e. The highest BCUT2D eigenvalue weighted by atomic mass is 16.5. The molecule has 0 saturated heterocycles. The molecule has 1 heterocycles. The van der Waals surface area contributed by atoms with Gasteiger partial charge in [0, 0.05) is 0 Å². The van der Waals surface area contributed by atoms with E-state index in [-0.39, 0.29) is 5.95 Å². The second-order valence-corrected chi connectivity index (χ2v) is 3.48.